The lowest BCUT2D eigenvalue weighted by molar-refractivity contribution is 0.179. The summed E-state index contributed by atoms with van der Waals surface area (Å²) < 4.78 is 1.87. The molecule has 1 aromatic rings. The minimum atomic E-state index is 0.758. The van der Waals surface area contributed by atoms with E-state index >= 15 is 0 Å². The average molecular weight is 236 g/mol. The lowest BCUT2D eigenvalue weighted by atomic mass is 10.0. The standard InChI is InChI=1S/C13H24N4/c1-11-13(10-17(3)15-11)14-8-7-12-6-4-5-9-16(12)2/h10,12,14H,4-9H2,1-3H3. The highest BCUT2D eigenvalue weighted by atomic mass is 15.3. The Morgan fingerprint density at radius 2 is 2.24 bits per heavy atom. The summed E-state index contributed by atoms with van der Waals surface area (Å²) in [5.74, 6) is 0. The third-order valence-electron chi connectivity index (χ3n) is 3.73. The zero-order valence-electron chi connectivity index (χ0n) is 11.2. The van der Waals surface area contributed by atoms with Crippen LogP contribution in [0.15, 0.2) is 6.20 Å². The molecule has 4 nitrogen and oxygen atoms in total. The second-order valence-electron chi connectivity index (χ2n) is 5.15. The second-order valence-corrected chi connectivity index (χ2v) is 5.15. The van der Waals surface area contributed by atoms with E-state index in [1.165, 1.54) is 37.9 Å². The van der Waals surface area contributed by atoms with Crippen LogP contribution < -0.4 is 5.32 Å². The first-order valence-electron chi connectivity index (χ1n) is 6.61. The number of nitrogens with one attached hydrogen (secondary N) is 1. The van der Waals surface area contributed by atoms with Crippen LogP contribution in [0.2, 0.25) is 0 Å². The molecule has 0 saturated carbocycles. The molecule has 2 rings (SSSR count). The summed E-state index contributed by atoms with van der Waals surface area (Å²) in [6.45, 7) is 4.35. The number of aromatic nitrogens is 2. The van der Waals surface area contributed by atoms with Crippen LogP contribution in [0.4, 0.5) is 5.69 Å². The molecule has 1 fully saturated rings. The molecule has 1 unspecified atom stereocenters. The van der Waals surface area contributed by atoms with E-state index in [1.807, 2.05) is 11.7 Å². The number of rotatable bonds is 4. The van der Waals surface area contributed by atoms with Gasteiger partial charge in [-0.15, -0.1) is 0 Å². The molecule has 2 heterocycles. The smallest absolute Gasteiger partial charge is 0.0824 e. The number of hydrogen-bond donors (Lipinski definition) is 1. The minimum Gasteiger partial charge on any atom is -0.382 e. The van der Waals surface area contributed by atoms with E-state index in [0.717, 1.165) is 18.3 Å². The van der Waals surface area contributed by atoms with Gasteiger partial charge in [0.1, 0.15) is 0 Å². The molecule has 0 amide bonds. The molecular weight excluding hydrogens is 212 g/mol. The second kappa shape index (κ2) is 5.54. The predicted molar refractivity (Wildman–Crippen MR) is 71.3 cm³/mol. The van der Waals surface area contributed by atoms with Crippen molar-refractivity contribution in [3.05, 3.63) is 11.9 Å². The van der Waals surface area contributed by atoms with Gasteiger partial charge in [-0.3, -0.25) is 4.68 Å². The van der Waals surface area contributed by atoms with Crippen molar-refractivity contribution < 1.29 is 0 Å². The fourth-order valence-electron chi connectivity index (χ4n) is 2.66. The lowest BCUT2D eigenvalue weighted by Gasteiger charge is -2.32. The van der Waals surface area contributed by atoms with Gasteiger partial charge in [-0.1, -0.05) is 6.42 Å². The first kappa shape index (κ1) is 12.4. The zero-order chi connectivity index (χ0) is 12.3. The first-order valence-corrected chi connectivity index (χ1v) is 6.61. The quantitative estimate of drug-likeness (QED) is 0.868. The van der Waals surface area contributed by atoms with Crippen LogP contribution in [0, 0.1) is 6.92 Å². The molecule has 0 aromatic carbocycles. The molecule has 1 aromatic heterocycles. The highest BCUT2D eigenvalue weighted by Gasteiger charge is 2.18. The van der Waals surface area contributed by atoms with Crippen LogP contribution >= 0.6 is 0 Å². The first-order chi connectivity index (χ1) is 8.16. The molecular formula is C13H24N4. The molecule has 96 valence electrons. The van der Waals surface area contributed by atoms with E-state index in [2.05, 4.69) is 35.5 Å². The summed E-state index contributed by atoms with van der Waals surface area (Å²) in [7, 11) is 4.21. The normalized spacial score (nSPS) is 21.7. The Morgan fingerprint density at radius 3 is 2.88 bits per heavy atom. The molecule has 0 bridgehead atoms. The van der Waals surface area contributed by atoms with Crippen LogP contribution in [0.3, 0.4) is 0 Å². The van der Waals surface area contributed by atoms with E-state index < -0.39 is 0 Å². The Bertz CT molecular complexity index is 358. The van der Waals surface area contributed by atoms with Crippen LogP contribution in [-0.2, 0) is 7.05 Å². The van der Waals surface area contributed by atoms with Gasteiger partial charge in [0.05, 0.1) is 11.4 Å². The minimum absolute atomic E-state index is 0.758. The van der Waals surface area contributed by atoms with Crippen molar-refractivity contribution in [3.63, 3.8) is 0 Å². The maximum absolute atomic E-state index is 4.34. The third-order valence-corrected chi connectivity index (χ3v) is 3.73. The van der Waals surface area contributed by atoms with Gasteiger partial charge in [0.25, 0.3) is 0 Å². The molecule has 1 atom stereocenters. The Balaban J connectivity index is 1.77. The number of piperidine rings is 1. The summed E-state index contributed by atoms with van der Waals surface area (Å²) in [4.78, 5) is 2.50. The van der Waals surface area contributed by atoms with Crippen molar-refractivity contribution in [1.82, 2.24) is 14.7 Å². The summed E-state index contributed by atoms with van der Waals surface area (Å²) in [5.41, 5.74) is 2.26. The molecule has 1 aliphatic rings. The molecule has 0 aliphatic carbocycles. The lowest BCUT2D eigenvalue weighted by Crippen LogP contribution is -2.37. The van der Waals surface area contributed by atoms with Gasteiger partial charge in [-0.05, 0) is 39.8 Å². The molecule has 0 radical (unpaired) electrons. The van der Waals surface area contributed by atoms with Crippen LogP contribution in [0.1, 0.15) is 31.4 Å². The molecule has 1 aliphatic heterocycles. The van der Waals surface area contributed by atoms with E-state index in [4.69, 9.17) is 0 Å². The molecule has 0 spiro atoms. The summed E-state index contributed by atoms with van der Waals surface area (Å²) in [5, 5.41) is 7.83. The number of nitrogens with zero attached hydrogens (tertiary/aromatic N) is 3. The average Bonchev–Trinajstić information content (AvgIpc) is 2.60. The monoisotopic (exact) mass is 236 g/mol. The predicted octanol–water partition coefficient (Wildman–Crippen LogP) is 2.01. The van der Waals surface area contributed by atoms with Gasteiger partial charge in [0.2, 0.25) is 0 Å². The van der Waals surface area contributed by atoms with E-state index in [1.54, 1.807) is 0 Å². The Morgan fingerprint density at radius 1 is 1.41 bits per heavy atom. The van der Waals surface area contributed by atoms with Crippen molar-refractivity contribution in [3.8, 4) is 0 Å². The third kappa shape index (κ3) is 3.22. The van der Waals surface area contributed by atoms with Gasteiger partial charge < -0.3 is 10.2 Å². The fourth-order valence-corrected chi connectivity index (χ4v) is 2.66. The summed E-state index contributed by atoms with van der Waals surface area (Å²) >= 11 is 0. The highest BCUT2D eigenvalue weighted by molar-refractivity contribution is 5.45. The van der Waals surface area contributed by atoms with Gasteiger partial charge in [-0.25, -0.2) is 0 Å². The zero-order valence-corrected chi connectivity index (χ0v) is 11.2. The van der Waals surface area contributed by atoms with Gasteiger partial charge in [-0.2, -0.15) is 5.10 Å². The van der Waals surface area contributed by atoms with Crippen LogP contribution in [-0.4, -0.2) is 40.9 Å². The maximum atomic E-state index is 4.34. The fraction of sp³-hybridized carbons (Fsp3) is 0.769. The van der Waals surface area contributed by atoms with Crippen molar-refractivity contribution in [1.29, 1.82) is 0 Å². The van der Waals surface area contributed by atoms with E-state index in [0.29, 0.717) is 0 Å². The Hall–Kier alpha value is -1.03. The van der Waals surface area contributed by atoms with Crippen molar-refractivity contribution in [2.24, 2.45) is 7.05 Å². The van der Waals surface area contributed by atoms with Gasteiger partial charge in [0, 0.05) is 25.8 Å². The SMILES string of the molecule is Cc1nn(C)cc1NCCC1CCCCN1C. The van der Waals surface area contributed by atoms with E-state index in [-0.39, 0.29) is 0 Å². The number of likely N-dealkylation sites (tertiary alicyclic amines) is 1. The van der Waals surface area contributed by atoms with Crippen molar-refractivity contribution in [2.75, 3.05) is 25.5 Å². The highest BCUT2D eigenvalue weighted by Crippen LogP contribution is 2.18. The number of aryl methyl sites for hydroxylation is 2. The van der Waals surface area contributed by atoms with Crippen LogP contribution in [0.5, 0.6) is 0 Å². The van der Waals surface area contributed by atoms with Gasteiger partial charge in [0.15, 0.2) is 0 Å². The Kier molecular flexibility index (Phi) is 4.05. The van der Waals surface area contributed by atoms with Crippen molar-refractivity contribution >= 4 is 5.69 Å². The van der Waals surface area contributed by atoms with Crippen molar-refractivity contribution in [2.45, 2.75) is 38.6 Å². The van der Waals surface area contributed by atoms with Gasteiger partial charge >= 0.3 is 0 Å². The maximum Gasteiger partial charge on any atom is 0.0824 e. The molecule has 4 heteroatoms. The van der Waals surface area contributed by atoms with Crippen LogP contribution in [0.25, 0.3) is 0 Å². The molecule has 1 saturated heterocycles. The molecule has 17 heavy (non-hydrogen) atoms. The molecule has 1 N–H and O–H groups in total. The topological polar surface area (TPSA) is 33.1 Å². The summed E-state index contributed by atoms with van der Waals surface area (Å²) in [6.07, 6.45) is 7.39. The summed E-state index contributed by atoms with van der Waals surface area (Å²) in [6, 6.07) is 0.758. The number of anilines is 1. The number of hydrogen-bond acceptors (Lipinski definition) is 3. The largest absolute Gasteiger partial charge is 0.382 e. The van der Waals surface area contributed by atoms with E-state index in [9.17, 15) is 0 Å². The Labute approximate surface area is 104 Å².